The average molecular weight is 103 g/mol. The maximum atomic E-state index is 4.94. The molecule has 0 fully saturated rings. The summed E-state index contributed by atoms with van der Waals surface area (Å²) in [6.07, 6.45) is 0.236. The smallest absolute Gasteiger partial charge is 0.106 e. The van der Waals surface area contributed by atoms with Crippen molar-refractivity contribution in [3.63, 3.8) is 0 Å². The van der Waals surface area contributed by atoms with Crippen molar-refractivity contribution in [2.75, 3.05) is 21.2 Å². The molecule has 7 heavy (non-hydrogen) atoms. The number of hydrogen-bond acceptors (Lipinski definition) is 2. The lowest BCUT2D eigenvalue weighted by molar-refractivity contribution is 0.0116. The van der Waals surface area contributed by atoms with Gasteiger partial charge in [-0.2, -0.15) is 0 Å². The molecule has 1 atom stereocenters. The molecule has 0 bridgehead atoms. The van der Waals surface area contributed by atoms with E-state index in [1.165, 1.54) is 0 Å². The van der Waals surface area contributed by atoms with Crippen LogP contribution in [0.4, 0.5) is 0 Å². The molecule has 0 amide bonds. The van der Waals surface area contributed by atoms with E-state index in [-0.39, 0.29) is 6.23 Å². The summed E-state index contributed by atoms with van der Waals surface area (Å²) in [7, 11) is 5.66. The lowest BCUT2D eigenvalue weighted by Gasteiger charge is -2.16. The van der Waals surface area contributed by atoms with Crippen LogP contribution in [0.25, 0.3) is 0 Å². The first-order valence-corrected chi connectivity index (χ1v) is 2.37. The normalized spacial score (nSPS) is 15.0. The van der Waals surface area contributed by atoms with Gasteiger partial charge < -0.3 is 4.74 Å². The van der Waals surface area contributed by atoms with Gasteiger partial charge in [-0.1, -0.05) is 0 Å². The van der Waals surface area contributed by atoms with Gasteiger partial charge in [0.15, 0.2) is 0 Å². The Morgan fingerprint density at radius 1 is 1.43 bits per heavy atom. The summed E-state index contributed by atoms with van der Waals surface area (Å²) in [5.41, 5.74) is 0. The second-order valence-electron chi connectivity index (χ2n) is 1.80. The summed E-state index contributed by atoms with van der Waals surface area (Å²) in [6, 6.07) is 0. The Bertz CT molecular complexity index is 45.3. The number of nitrogens with zero attached hydrogens (tertiary/aromatic N) is 1. The Balaban J connectivity index is 3.14. The maximum Gasteiger partial charge on any atom is 0.106 e. The van der Waals surface area contributed by atoms with Crippen LogP contribution in [-0.4, -0.2) is 32.3 Å². The van der Waals surface area contributed by atoms with Crippen LogP contribution in [0.15, 0.2) is 0 Å². The van der Waals surface area contributed by atoms with Gasteiger partial charge in [-0.25, -0.2) is 0 Å². The second-order valence-corrected chi connectivity index (χ2v) is 1.80. The monoisotopic (exact) mass is 103 g/mol. The second kappa shape index (κ2) is 2.99. The van der Waals surface area contributed by atoms with Gasteiger partial charge in [-0.3, -0.25) is 4.90 Å². The molecule has 0 saturated carbocycles. The highest BCUT2D eigenvalue weighted by Gasteiger charge is 1.97. The van der Waals surface area contributed by atoms with Gasteiger partial charge >= 0.3 is 0 Å². The van der Waals surface area contributed by atoms with Crippen LogP contribution in [0.5, 0.6) is 0 Å². The average Bonchev–Trinajstić information content (AvgIpc) is 1.65. The van der Waals surface area contributed by atoms with Crippen LogP contribution in [0.1, 0.15) is 6.92 Å². The topological polar surface area (TPSA) is 12.5 Å². The molecule has 0 aromatic rings. The lowest BCUT2D eigenvalue weighted by Crippen LogP contribution is -2.25. The van der Waals surface area contributed by atoms with Crippen LogP contribution >= 0.6 is 0 Å². The lowest BCUT2D eigenvalue weighted by atomic mass is 10.6. The van der Waals surface area contributed by atoms with E-state index in [9.17, 15) is 0 Å². The van der Waals surface area contributed by atoms with Crippen molar-refractivity contribution in [3.8, 4) is 0 Å². The Kier molecular flexibility index (Phi) is 2.96. The van der Waals surface area contributed by atoms with Crippen molar-refractivity contribution in [1.29, 1.82) is 0 Å². The Morgan fingerprint density at radius 2 is 1.86 bits per heavy atom. The van der Waals surface area contributed by atoms with E-state index >= 15 is 0 Å². The SMILES string of the molecule is CO[C@@H](C)N(C)C. The first-order chi connectivity index (χ1) is 3.18. The molecule has 0 N–H and O–H groups in total. The van der Waals surface area contributed by atoms with Crippen molar-refractivity contribution in [2.24, 2.45) is 0 Å². The standard InChI is InChI=1S/C5H13NO/c1-5(7-4)6(2)3/h5H,1-4H3/t5-/m0/s1. The molecular weight excluding hydrogens is 90.1 g/mol. The third-order valence-electron chi connectivity index (χ3n) is 1.07. The molecule has 0 aromatic carbocycles. The van der Waals surface area contributed by atoms with Gasteiger partial charge in [-0.05, 0) is 21.0 Å². The molecule has 0 aromatic heterocycles. The fraction of sp³-hybridized carbons (Fsp3) is 1.00. The summed E-state index contributed by atoms with van der Waals surface area (Å²) in [5, 5.41) is 0. The van der Waals surface area contributed by atoms with E-state index in [0.717, 1.165) is 0 Å². The molecule has 0 aliphatic heterocycles. The quantitative estimate of drug-likeness (QED) is 0.473. The molecule has 2 heteroatoms. The number of hydrogen-bond donors (Lipinski definition) is 0. The van der Waals surface area contributed by atoms with Crippen molar-refractivity contribution in [3.05, 3.63) is 0 Å². The zero-order valence-electron chi connectivity index (χ0n) is 5.43. The third-order valence-corrected chi connectivity index (χ3v) is 1.07. The summed E-state index contributed by atoms with van der Waals surface area (Å²) in [5.74, 6) is 0. The fourth-order valence-electron chi connectivity index (χ4n) is 0.211. The fourth-order valence-corrected chi connectivity index (χ4v) is 0.211. The van der Waals surface area contributed by atoms with Crippen LogP contribution in [0.2, 0.25) is 0 Å². The molecular formula is C5H13NO. The van der Waals surface area contributed by atoms with Gasteiger partial charge in [0.05, 0.1) is 0 Å². The predicted molar refractivity (Wildman–Crippen MR) is 30.2 cm³/mol. The molecule has 0 rings (SSSR count). The van der Waals surface area contributed by atoms with E-state index in [1.54, 1.807) is 7.11 Å². The zero-order chi connectivity index (χ0) is 5.86. The van der Waals surface area contributed by atoms with E-state index in [1.807, 2.05) is 25.9 Å². The Labute approximate surface area is 45.1 Å². The summed E-state index contributed by atoms with van der Waals surface area (Å²) in [6.45, 7) is 2.00. The summed E-state index contributed by atoms with van der Waals surface area (Å²) in [4.78, 5) is 2.00. The Morgan fingerprint density at radius 3 is 1.86 bits per heavy atom. The van der Waals surface area contributed by atoms with E-state index < -0.39 is 0 Å². The highest BCUT2D eigenvalue weighted by Crippen LogP contribution is 1.88. The van der Waals surface area contributed by atoms with Crippen LogP contribution in [-0.2, 0) is 4.74 Å². The van der Waals surface area contributed by atoms with Crippen molar-refractivity contribution < 1.29 is 4.74 Å². The minimum absolute atomic E-state index is 0.236. The molecule has 0 radical (unpaired) electrons. The molecule has 0 heterocycles. The Hall–Kier alpha value is -0.0800. The van der Waals surface area contributed by atoms with Gasteiger partial charge in [-0.15, -0.1) is 0 Å². The minimum atomic E-state index is 0.236. The highest BCUT2D eigenvalue weighted by molar-refractivity contribution is 4.39. The predicted octanol–water partition coefficient (Wildman–Crippen LogP) is 0.540. The van der Waals surface area contributed by atoms with Gasteiger partial charge in [0.1, 0.15) is 6.23 Å². The van der Waals surface area contributed by atoms with Gasteiger partial charge in [0, 0.05) is 7.11 Å². The van der Waals surface area contributed by atoms with Crippen molar-refractivity contribution >= 4 is 0 Å². The minimum Gasteiger partial charge on any atom is -0.367 e. The van der Waals surface area contributed by atoms with E-state index in [0.29, 0.717) is 0 Å². The van der Waals surface area contributed by atoms with E-state index in [2.05, 4.69) is 0 Å². The third kappa shape index (κ3) is 2.60. The molecule has 0 unspecified atom stereocenters. The molecule has 0 saturated heterocycles. The highest BCUT2D eigenvalue weighted by atomic mass is 16.5. The van der Waals surface area contributed by atoms with Crippen molar-refractivity contribution in [1.82, 2.24) is 4.90 Å². The summed E-state index contributed by atoms with van der Waals surface area (Å²) >= 11 is 0. The maximum absolute atomic E-state index is 4.94. The van der Waals surface area contributed by atoms with E-state index in [4.69, 9.17) is 4.74 Å². The van der Waals surface area contributed by atoms with Crippen LogP contribution in [0, 0.1) is 0 Å². The number of methoxy groups -OCH3 is 1. The summed E-state index contributed by atoms with van der Waals surface area (Å²) < 4.78 is 4.94. The first-order valence-electron chi connectivity index (χ1n) is 2.37. The molecule has 0 spiro atoms. The molecule has 0 aliphatic rings. The van der Waals surface area contributed by atoms with Gasteiger partial charge in [0.25, 0.3) is 0 Å². The van der Waals surface area contributed by atoms with Crippen LogP contribution < -0.4 is 0 Å². The molecule has 44 valence electrons. The first kappa shape index (κ1) is 6.92. The number of rotatable bonds is 2. The van der Waals surface area contributed by atoms with Crippen LogP contribution in [0.3, 0.4) is 0 Å². The zero-order valence-corrected chi connectivity index (χ0v) is 5.43. The largest absolute Gasteiger partial charge is 0.367 e. The van der Waals surface area contributed by atoms with Gasteiger partial charge in [0.2, 0.25) is 0 Å². The number of ether oxygens (including phenoxy) is 1. The molecule has 0 aliphatic carbocycles. The van der Waals surface area contributed by atoms with Crippen molar-refractivity contribution in [2.45, 2.75) is 13.2 Å². The molecule has 2 nitrogen and oxygen atoms in total.